The van der Waals surface area contributed by atoms with Crippen molar-refractivity contribution in [2.75, 3.05) is 13.7 Å². The van der Waals surface area contributed by atoms with Gasteiger partial charge in [0.05, 0.1) is 0 Å². The van der Waals surface area contributed by atoms with Crippen molar-refractivity contribution in [1.29, 1.82) is 0 Å². The molecule has 3 heteroatoms. The highest BCUT2D eigenvalue weighted by Gasteiger charge is 2.03. The molecule has 1 atom stereocenters. The molecule has 92 valence electrons. The van der Waals surface area contributed by atoms with E-state index in [2.05, 4.69) is 35.3 Å². The topological polar surface area (TPSA) is 37.2 Å². The first-order chi connectivity index (χ1) is 7.77. The summed E-state index contributed by atoms with van der Waals surface area (Å²) in [6, 6.07) is 2.60. The molecule has 0 aliphatic carbocycles. The molecular formula is C13H24N2O. The molecule has 0 bridgehead atoms. The largest absolute Gasteiger partial charge is 0.396 e. The summed E-state index contributed by atoms with van der Waals surface area (Å²) in [6.45, 7) is 3.58. The van der Waals surface area contributed by atoms with Crippen LogP contribution in [-0.2, 0) is 6.54 Å². The number of nitrogens with one attached hydrogen (secondary N) is 1. The molecule has 0 amide bonds. The van der Waals surface area contributed by atoms with E-state index in [1.165, 1.54) is 18.4 Å². The van der Waals surface area contributed by atoms with E-state index in [1.54, 1.807) is 0 Å². The summed E-state index contributed by atoms with van der Waals surface area (Å²) < 4.78 is 2.25. The van der Waals surface area contributed by atoms with E-state index >= 15 is 0 Å². The van der Waals surface area contributed by atoms with E-state index < -0.39 is 0 Å². The van der Waals surface area contributed by atoms with Gasteiger partial charge in [0.1, 0.15) is 0 Å². The van der Waals surface area contributed by atoms with Crippen LogP contribution in [0.3, 0.4) is 0 Å². The molecule has 0 aliphatic heterocycles. The minimum atomic E-state index is 0.327. The Balaban J connectivity index is 2.24. The van der Waals surface area contributed by atoms with Gasteiger partial charge in [-0.05, 0) is 38.4 Å². The van der Waals surface area contributed by atoms with Crippen molar-refractivity contribution in [3.8, 4) is 0 Å². The molecule has 0 saturated heterocycles. The van der Waals surface area contributed by atoms with E-state index in [9.17, 15) is 0 Å². The predicted octanol–water partition coefficient (Wildman–Crippen LogP) is 2.32. The van der Waals surface area contributed by atoms with Crippen LogP contribution in [-0.4, -0.2) is 23.3 Å². The zero-order chi connectivity index (χ0) is 11.8. The second kappa shape index (κ2) is 7.47. The van der Waals surface area contributed by atoms with E-state index in [0.717, 1.165) is 19.4 Å². The summed E-state index contributed by atoms with van der Waals surface area (Å²) in [5, 5.41) is 11.9. The summed E-state index contributed by atoms with van der Waals surface area (Å²) in [7, 11) is 1.98. The van der Waals surface area contributed by atoms with Crippen LogP contribution in [0, 0.1) is 0 Å². The Morgan fingerprint density at radius 2 is 2.06 bits per heavy atom. The standard InChI is InChI=1S/C13H24N2O/c1-12(14-2)13-7-9-15(11-13)8-5-3-4-6-10-16/h7,9,11-12,14,16H,3-6,8,10H2,1-2H3. The van der Waals surface area contributed by atoms with Crippen LogP contribution in [0.2, 0.25) is 0 Å². The van der Waals surface area contributed by atoms with Gasteiger partial charge in [-0.25, -0.2) is 0 Å². The average Bonchev–Trinajstić information content (AvgIpc) is 2.76. The molecule has 1 rings (SSSR count). The molecule has 1 unspecified atom stereocenters. The van der Waals surface area contributed by atoms with E-state index in [-0.39, 0.29) is 0 Å². The molecule has 3 nitrogen and oxygen atoms in total. The predicted molar refractivity (Wildman–Crippen MR) is 67.5 cm³/mol. The van der Waals surface area contributed by atoms with Gasteiger partial charge in [-0.15, -0.1) is 0 Å². The lowest BCUT2D eigenvalue weighted by molar-refractivity contribution is 0.282. The maximum absolute atomic E-state index is 8.66. The van der Waals surface area contributed by atoms with Crippen molar-refractivity contribution in [1.82, 2.24) is 9.88 Å². The Hall–Kier alpha value is -0.800. The van der Waals surface area contributed by atoms with Gasteiger partial charge in [0.25, 0.3) is 0 Å². The summed E-state index contributed by atoms with van der Waals surface area (Å²) in [6.07, 6.45) is 8.84. The van der Waals surface area contributed by atoms with Gasteiger partial charge in [0.15, 0.2) is 0 Å². The molecule has 0 aromatic carbocycles. The zero-order valence-electron chi connectivity index (χ0n) is 10.4. The smallest absolute Gasteiger partial charge is 0.0431 e. The maximum atomic E-state index is 8.66. The van der Waals surface area contributed by atoms with Crippen molar-refractivity contribution in [2.24, 2.45) is 0 Å². The van der Waals surface area contributed by atoms with Crippen molar-refractivity contribution in [3.63, 3.8) is 0 Å². The molecule has 0 fully saturated rings. The second-order valence-corrected chi connectivity index (χ2v) is 4.33. The fraction of sp³-hybridized carbons (Fsp3) is 0.692. The van der Waals surface area contributed by atoms with Crippen molar-refractivity contribution < 1.29 is 5.11 Å². The van der Waals surface area contributed by atoms with Gasteiger partial charge in [-0.1, -0.05) is 12.8 Å². The summed E-state index contributed by atoms with van der Waals surface area (Å²) >= 11 is 0. The lowest BCUT2D eigenvalue weighted by Gasteiger charge is -2.07. The van der Waals surface area contributed by atoms with Crippen LogP contribution in [0.5, 0.6) is 0 Å². The summed E-state index contributed by atoms with van der Waals surface area (Å²) in [5.41, 5.74) is 1.35. The highest BCUT2D eigenvalue weighted by molar-refractivity contribution is 5.14. The lowest BCUT2D eigenvalue weighted by Crippen LogP contribution is -2.11. The summed E-state index contributed by atoms with van der Waals surface area (Å²) in [5.74, 6) is 0. The number of hydrogen-bond acceptors (Lipinski definition) is 2. The molecule has 1 aromatic heterocycles. The number of aliphatic hydroxyl groups excluding tert-OH is 1. The van der Waals surface area contributed by atoms with E-state index in [0.29, 0.717) is 12.6 Å². The van der Waals surface area contributed by atoms with Crippen LogP contribution < -0.4 is 5.32 Å². The molecule has 0 radical (unpaired) electrons. The third-order valence-corrected chi connectivity index (χ3v) is 3.03. The monoisotopic (exact) mass is 224 g/mol. The van der Waals surface area contributed by atoms with Crippen LogP contribution in [0.15, 0.2) is 18.5 Å². The lowest BCUT2D eigenvalue weighted by atomic mass is 10.2. The molecule has 0 spiro atoms. The van der Waals surface area contributed by atoms with Gasteiger partial charge in [0.2, 0.25) is 0 Å². The van der Waals surface area contributed by atoms with E-state index in [4.69, 9.17) is 5.11 Å². The minimum Gasteiger partial charge on any atom is -0.396 e. The summed E-state index contributed by atoms with van der Waals surface area (Å²) in [4.78, 5) is 0. The SMILES string of the molecule is CNC(C)c1ccn(CCCCCCO)c1. The quantitative estimate of drug-likeness (QED) is 0.665. The molecule has 2 N–H and O–H groups in total. The van der Waals surface area contributed by atoms with Crippen LogP contribution in [0.4, 0.5) is 0 Å². The molecule has 0 aliphatic rings. The fourth-order valence-corrected chi connectivity index (χ4v) is 1.78. The van der Waals surface area contributed by atoms with Crippen molar-refractivity contribution >= 4 is 0 Å². The molecular weight excluding hydrogens is 200 g/mol. The number of rotatable bonds is 8. The maximum Gasteiger partial charge on any atom is 0.0431 e. The third kappa shape index (κ3) is 4.37. The van der Waals surface area contributed by atoms with Gasteiger partial charge in [-0.2, -0.15) is 0 Å². The Morgan fingerprint density at radius 3 is 2.75 bits per heavy atom. The average molecular weight is 224 g/mol. The first-order valence-electron chi connectivity index (χ1n) is 6.21. The van der Waals surface area contributed by atoms with Gasteiger partial charge in [0, 0.05) is 31.6 Å². The first-order valence-corrected chi connectivity index (χ1v) is 6.21. The van der Waals surface area contributed by atoms with Gasteiger partial charge in [-0.3, -0.25) is 0 Å². The minimum absolute atomic E-state index is 0.327. The number of nitrogens with zero attached hydrogens (tertiary/aromatic N) is 1. The molecule has 0 saturated carbocycles. The second-order valence-electron chi connectivity index (χ2n) is 4.33. The van der Waals surface area contributed by atoms with Crippen molar-refractivity contribution in [3.05, 3.63) is 24.0 Å². The number of hydrogen-bond donors (Lipinski definition) is 2. The number of aliphatic hydroxyl groups is 1. The number of aromatic nitrogens is 1. The van der Waals surface area contributed by atoms with Crippen LogP contribution in [0.25, 0.3) is 0 Å². The Morgan fingerprint density at radius 1 is 1.31 bits per heavy atom. The fourth-order valence-electron chi connectivity index (χ4n) is 1.78. The third-order valence-electron chi connectivity index (χ3n) is 3.03. The van der Waals surface area contributed by atoms with Crippen LogP contribution >= 0.6 is 0 Å². The highest BCUT2D eigenvalue weighted by Crippen LogP contribution is 2.12. The van der Waals surface area contributed by atoms with E-state index in [1.807, 2.05) is 7.05 Å². The number of aryl methyl sites for hydroxylation is 1. The van der Waals surface area contributed by atoms with Gasteiger partial charge >= 0.3 is 0 Å². The highest BCUT2D eigenvalue weighted by atomic mass is 16.2. The Bertz CT molecular complexity index is 283. The van der Waals surface area contributed by atoms with Crippen molar-refractivity contribution in [2.45, 2.75) is 45.2 Å². The first kappa shape index (κ1) is 13.3. The van der Waals surface area contributed by atoms with Crippen LogP contribution in [0.1, 0.15) is 44.2 Å². The Kier molecular flexibility index (Phi) is 6.19. The molecule has 1 aromatic rings. The molecule has 16 heavy (non-hydrogen) atoms. The normalized spacial score (nSPS) is 12.9. The number of unbranched alkanes of at least 4 members (excludes halogenated alkanes) is 3. The zero-order valence-corrected chi connectivity index (χ0v) is 10.4. The van der Waals surface area contributed by atoms with Gasteiger partial charge < -0.3 is 15.0 Å². The molecule has 1 heterocycles. The Labute approximate surface area is 98.5 Å².